The summed E-state index contributed by atoms with van der Waals surface area (Å²) in [5.41, 5.74) is 1.57. The highest BCUT2D eigenvalue weighted by Crippen LogP contribution is 2.30. The predicted molar refractivity (Wildman–Crippen MR) is 137 cm³/mol. The van der Waals surface area contributed by atoms with E-state index >= 15 is 0 Å². The van der Waals surface area contributed by atoms with Gasteiger partial charge >= 0.3 is 5.97 Å². The molecule has 8 heteroatoms. The molecule has 1 saturated heterocycles. The number of benzene rings is 2. The zero-order valence-electron chi connectivity index (χ0n) is 20.6. The van der Waals surface area contributed by atoms with Crippen molar-refractivity contribution in [3.8, 4) is 0 Å². The van der Waals surface area contributed by atoms with Crippen LogP contribution in [0.2, 0.25) is 0 Å². The van der Waals surface area contributed by atoms with Crippen LogP contribution in [0.5, 0.6) is 0 Å². The minimum absolute atomic E-state index is 0.0734. The molecule has 3 amide bonds. The van der Waals surface area contributed by atoms with E-state index in [9.17, 15) is 19.2 Å². The first-order valence-electron chi connectivity index (χ1n) is 12.3. The highest BCUT2D eigenvalue weighted by Gasteiger charge is 2.40. The molecule has 37 heavy (non-hydrogen) atoms. The Morgan fingerprint density at radius 3 is 2.35 bits per heavy atom. The Labute approximate surface area is 215 Å². The molecule has 190 valence electrons. The van der Waals surface area contributed by atoms with Crippen LogP contribution >= 0.6 is 0 Å². The molecule has 0 spiro atoms. The van der Waals surface area contributed by atoms with Gasteiger partial charge in [0.2, 0.25) is 11.8 Å². The minimum Gasteiger partial charge on any atom is -0.459 e. The van der Waals surface area contributed by atoms with Gasteiger partial charge in [-0.15, -0.1) is 0 Å². The molecule has 1 unspecified atom stereocenters. The Balaban J connectivity index is 1.42. The molecule has 3 aromatic rings. The summed E-state index contributed by atoms with van der Waals surface area (Å²) >= 11 is 0. The number of ether oxygens (including phenoxy) is 1. The van der Waals surface area contributed by atoms with Gasteiger partial charge in [-0.05, 0) is 48.6 Å². The summed E-state index contributed by atoms with van der Waals surface area (Å²) in [4.78, 5) is 56.7. The van der Waals surface area contributed by atoms with Crippen molar-refractivity contribution >= 4 is 29.4 Å². The normalized spacial score (nSPS) is 16.8. The topological polar surface area (TPSA) is 106 Å². The van der Waals surface area contributed by atoms with Gasteiger partial charge in [0.1, 0.15) is 18.3 Å². The zero-order valence-corrected chi connectivity index (χ0v) is 20.6. The molecular formula is C29H29N3O5. The maximum atomic E-state index is 13.1. The van der Waals surface area contributed by atoms with E-state index in [0.717, 1.165) is 5.56 Å². The maximum absolute atomic E-state index is 13.1. The van der Waals surface area contributed by atoms with Crippen molar-refractivity contribution in [3.05, 3.63) is 96.3 Å². The number of pyridine rings is 1. The molecule has 4 rings (SSSR count). The van der Waals surface area contributed by atoms with Crippen LogP contribution in [0.3, 0.4) is 0 Å². The largest absolute Gasteiger partial charge is 0.459 e. The van der Waals surface area contributed by atoms with Gasteiger partial charge in [-0.25, -0.2) is 4.79 Å². The quantitative estimate of drug-likeness (QED) is 0.335. The van der Waals surface area contributed by atoms with E-state index in [1.807, 2.05) is 43.3 Å². The van der Waals surface area contributed by atoms with Gasteiger partial charge in [-0.3, -0.25) is 24.3 Å². The number of hydrogen-bond donors (Lipinski definition) is 1. The molecule has 0 aliphatic carbocycles. The number of rotatable bonds is 10. The predicted octanol–water partition coefficient (Wildman–Crippen LogP) is 3.92. The third-order valence-corrected chi connectivity index (χ3v) is 6.46. The highest BCUT2D eigenvalue weighted by molar-refractivity contribution is 6.20. The van der Waals surface area contributed by atoms with E-state index in [2.05, 4.69) is 10.3 Å². The monoisotopic (exact) mass is 499 g/mol. The van der Waals surface area contributed by atoms with Crippen LogP contribution in [-0.2, 0) is 25.7 Å². The van der Waals surface area contributed by atoms with Crippen molar-refractivity contribution in [3.63, 3.8) is 0 Å². The van der Waals surface area contributed by atoms with Gasteiger partial charge in [0.15, 0.2) is 0 Å². The van der Waals surface area contributed by atoms with Crippen molar-refractivity contribution in [2.24, 2.45) is 11.8 Å². The summed E-state index contributed by atoms with van der Waals surface area (Å²) < 4.78 is 5.53. The van der Waals surface area contributed by atoms with Gasteiger partial charge in [0.25, 0.3) is 5.91 Å². The lowest BCUT2D eigenvalue weighted by Gasteiger charge is -2.24. The average Bonchev–Trinajstić information content (AvgIpc) is 3.22. The summed E-state index contributed by atoms with van der Waals surface area (Å²) in [7, 11) is 0. The van der Waals surface area contributed by atoms with E-state index in [1.54, 1.807) is 42.5 Å². The lowest BCUT2D eigenvalue weighted by molar-refractivity contribution is -0.148. The Hall–Kier alpha value is -4.33. The Bertz CT molecular complexity index is 1230. The van der Waals surface area contributed by atoms with Crippen LogP contribution in [0.15, 0.2) is 85.1 Å². The molecule has 2 heterocycles. The molecule has 3 atom stereocenters. The van der Waals surface area contributed by atoms with Crippen molar-refractivity contribution in [2.45, 2.75) is 38.8 Å². The molecule has 0 bridgehead atoms. The van der Waals surface area contributed by atoms with Gasteiger partial charge < -0.3 is 10.1 Å². The number of hydrogen-bond acceptors (Lipinski definition) is 6. The van der Waals surface area contributed by atoms with Crippen molar-refractivity contribution < 1.29 is 23.9 Å². The number of esters is 1. The first kappa shape index (κ1) is 25.8. The fourth-order valence-corrected chi connectivity index (χ4v) is 4.36. The average molecular weight is 500 g/mol. The fraction of sp³-hybridized carbons (Fsp3) is 0.276. The second-order valence-corrected chi connectivity index (χ2v) is 9.12. The molecule has 0 radical (unpaired) electrons. The summed E-state index contributed by atoms with van der Waals surface area (Å²) in [5.74, 6) is -2.38. The standard InChI is InChI=1S/C29H29N3O5/c1-20(15-16-22-18-25(33)32(28(22)35)23-12-6-3-7-13-23)26(31-27(34)24-14-8-9-17-30-24)29(36)37-19-21-10-4-2-5-11-21/h2-14,17,20,22,26H,15-16,18-19H2,1H3,(H,31,34)/t20-,22?,26-/m0/s1. The lowest BCUT2D eigenvalue weighted by atomic mass is 9.90. The van der Waals surface area contributed by atoms with E-state index in [-0.39, 0.29) is 36.5 Å². The lowest BCUT2D eigenvalue weighted by Crippen LogP contribution is -2.46. The number of carbonyl (C=O) groups excluding carboxylic acids is 4. The van der Waals surface area contributed by atoms with Crippen molar-refractivity contribution in [1.29, 1.82) is 0 Å². The maximum Gasteiger partial charge on any atom is 0.329 e. The molecule has 8 nitrogen and oxygen atoms in total. The van der Waals surface area contributed by atoms with Crippen LogP contribution in [0.25, 0.3) is 0 Å². The van der Waals surface area contributed by atoms with E-state index in [1.165, 1.54) is 11.1 Å². The van der Waals surface area contributed by atoms with Crippen molar-refractivity contribution in [1.82, 2.24) is 10.3 Å². The van der Waals surface area contributed by atoms with Gasteiger partial charge in [-0.2, -0.15) is 0 Å². The van der Waals surface area contributed by atoms with E-state index in [0.29, 0.717) is 18.5 Å². The molecule has 1 aliphatic heterocycles. The molecule has 1 N–H and O–H groups in total. The van der Waals surface area contributed by atoms with Crippen molar-refractivity contribution in [2.75, 3.05) is 4.90 Å². The molecule has 1 fully saturated rings. The number of nitrogens with one attached hydrogen (secondary N) is 1. The summed E-state index contributed by atoms with van der Waals surface area (Å²) in [6.45, 7) is 1.90. The smallest absolute Gasteiger partial charge is 0.329 e. The Kier molecular flexibility index (Phi) is 8.40. The van der Waals surface area contributed by atoms with Crippen LogP contribution in [0.1, 0.15) is 42.2 Å². The molecular weight excluding hydrogens is 470 g/mol. The Morgan fingerprint density at radius 2 is 1.68 bits per heavy atom. The highest BCUT2D eigenvalue weighted by atomic mass is 16.5. The number of nitrogens with zero attached hydrogens (tertiary/aromatic N) is 2. The number of amides is 3. The third kappa shape index (κ3) is 6.46. The van der Waals surface area contributed by atoms with Gasteiger partial charge in [-0.1, -0.05) is 61.5 Å². The first-order chi connectivity index (χ1) is 17.9. The van der Waals surface area contributed by atoms with Crippen LogP contribution in [0, 0.1) is 11.8 Å². The SMILES string of the molecule is C[C@@H](CCC1CC(=O)N(c2ccccc2)C1=O)[C@H](NC(=O)c1ccccn1)C(=O)OCc1ccccc1. The molecule has 2 aromatic carbocycles. The molecule has 1 aromatic heterocycles. The van der Waals surface area contributed by atoms with E-state index < -0.39 is 23.8 Å². The summed E-state index contributed by atoms with van der Waals surface area (Å²) in [6.07, 6.45) is 2.45. The number of imide groups is 1. The zero-order chi connectivity index (χ0) is 26.2. The number of para-hydroxylation sites is 1. The van der Waals surface area contributed by atoms with Crippen LogP contribution in [-0.4, -0.2) is 34.7 Å². The van der Waals surface area contributed by atoms with Gasteiger partial charge in [0.05, 0.1) is 5.69 Å². The second kappa shape index (κ2) is 12.1. The van der Waals surface area contributed by atoms with Crippen LogP contribution in [0.4, 0.5) is 5.69 Å². The summed E-state index contributed by atoms with van der Waals surface area (Å²) in [5, 5.41) is 2.76. The minimum atomic E-state index is -0.948. The molecule has 0 saturated carbocycles. The Morgan fingerprint density at radius 1 is 1.00 bits per heavy atom. The van der Waals surface area contributed by atoms with Crippen LogP contribution < -0.4 is 10.2 Å². The second-order valence-electron chi connectivity index (χ2n) is 9.12. The number of aromatic nitrogens is 1. The number of anilines is 1. The van der Waals surface area contributed by atoms with Gasteiger partial charge in [0, 0.05) is 18.5 Å². The molecule has 1 aliphatic rings. The van der Waals surface area contributed by atoms with E-state index in [4.69, 9.17) is 4.74 Å². The third-order valence-electron chi connectivity index (χ3n) is 6.46. The fourth-order valence-electron chi connectivity index (χ4n) is 4.36. The number of carbonyl (C=O) groups is 4. The summed E-state index contributed by atoms with van der Waals surface area (Å²) in [6, 6.07) is 22.1. The first-order valence-corrected chi connectivity index (χ1v) is 12.3.